The zero-order chi connectivity index (χ0) is 28.4. The van der Waals surface area contributed by atoms with E-state index in [9.17, 15) is 24.0 Å². The van der Waals surface area contributed by atoms with Crippen LogP contribution < -0.4 is 10.1 Å². The summed E-state index contributed by atoms with van der Waals surface area (Å²) in [6.07, 6.45) is -1.33. The van der Waals surface area contributed by atoms with Gasteiger partial charge in [0.05, 0.1) is 19.1 Å². The van der Waals surface area contributed by atoms with Gasteiger partial charge in [-0.2, -0.15) is 0 Å². The second-order valence-corrected chi connectivity index (χ2v) is 8.72. The van der Waals surface area contributed by atoms with Gasteiger partial charge in [-0.1, -0.05) is 29.8 Å². The van der Waals surface area contributed by atoms with Crippen molar-refractivity contribution in [2.45, 2.75) is 32.8 Å². The minimum Gasteiger partial charge on any atom is -0.497 e. The van der Waals surface area contributed by atoms with Crippen molar-refractivity contribution in [2.24, 2.45) is 0 Å². The number of carbonyl (C=O) groups excluding carboxylic acids is 5. The third kappa shape index (κ3) is 8.63. The van der Waals surface area contributed by atoms with Gasteiger partial charge < -0.3 is 19.5 Å². The average molecular weight is 532 g/mol. The van der Waals surface area contributed by atoms with E-state index in [0.29, 0.717) is 22.6 Å². The lowest BCUT2D eigenvalue weighted by atomic mass is 10.1. The molecule has 0 heterocycles. The van der Waals surface area contributed by atoms with Gasteiger partial charge in [0.1, 0.15) is 5.75 Å². The van der Waals surface area contributed by atoms with Crippen molar-refractivity contribution in [3.05, 3.63) is 95.1 Å². The van der Waals surface area contributed by atoms with Gasteiger partial charge >= 0.3 is 11.9 Å². The number of nitrogens with one attached hydrogen (secondary N) is 1. The number of hydrogen-bond donors (Lipinski definition) is 1. The number of ketones is 2. The Labute approximate surface area is 226 Å². The number of ether oxygens (including phenoxy) is 3. The Morgan fingerprint density at radius 2 is 1.36 bits per heavy atom. The van der Waals surface area contributed by atoms with E-state index in [2.05, 4.69) is 5.32 Å². The standard InChI is InChI=1S/C30H29NO8/c1-19-4-6-22(7-5-19)29(35)20(2)39-28(34)17-16-27(33)31-24-12-8-23(9-13-24)30(36)38-18-26(32)21-10-14-25(37-3)15-11-21/h4-15,20H,16-18H2,1-3H3,(H,31,33)/t20-/m1/s1. The molecule has 0 aromatic heterocycles. The Kier molecular flexibility index (Phi) is 10.1. The predicted octanol–water partition coefficient (Wildman–Crippen LogP) is 4.58. The zero-order valence-electron chi connectivity index (χ0n) is 21.9. The number of esters is 2. The second kappa shape index (κ2) is 13.7. The number of rotatable bonds is 12. The number of Topliss-reactive ketones (excluding diaryl/α,β-unsaturated/α-hetero) is 2. The molecule has 1 atom stereocenters. The van der Waals surface area contributed by atoms with Gasteiger partial charge in [0.15, 0.2) is 18.5 Å². The largest absolute Gasteiger partial charge is 0.497 e. The second-order valence-electron chi connectivity index (χ2n) is 8.72. The molecule has 0 radical (unpaired) electrons. The summed E-state index contributed by atoms with van der Waals surface area (Å²) in [6, 6.07) is 19.3. The molecule has 0 fully saturated rings. The molecular weight excluding hydrogens is 502 g/mol. The highest BCUT2D eigenvalue weighted by atomic mass is 16.5. The molecule has 3 aromatic carbocycles. The molecule has 202 valence electrons. The molecule has 0 saturated carbocycles. The molecule has 0 unspecified atom stereocenters. The predicted molar refractivity (Wildman–Crippen MR) is 143 cm³/mol. The summed E-state index contributed by atoms with van der Waals surface area (Å²) in [7, 11) is 1.52. The van der Waals surface area contributed by atoms with Crippen molar-refractivity contribution in [1.29, 1.82) is 0 Å². The Morgan fingerprint density at radius 3 is 1.97 bits per heavy atom. The van der Waals surface area contributed by atoms with Gasteiger partial charge in [0.2, 0.25) is 11.7 Å². The third-order valence-corrected chi connectivity index (χ3v) is 5.72. The highest BCUT2D eigenvalue weighted by Crippen LogP contribution is 2.14. The molecule has 9 nitrogen and oxygen atoms in total. The molecule has 1 amide bonds. The molecule has 0 bridgehead atoms. The van der Waals surface area contributed by atoms with Crippen molar-refractivity contribution in [3.8, 4) is 5.75 Å². The molecule has 3 rings (SSSR count). The highest BCUT2D eigenvalue weighted by Gasteiger charge is 2.20. The lowest BCUT2D eigenvalue weighted by Crippen LogP contribution is -2.25. The maximum absolute atomic E-state index is 12.4. The van der Waals surface area contributed by atoms with Crippen molar-refractivity contribution in [2.75, 3.05) is 19.0 Å². The normalized spacial score (nSPS) is 11.2. The zero-order valence-corrected chi connectivity index (χ0v) is 21.9. The summed E-state index contributed by atoms with van der Waals surface area (Å²) in [6.45, 7) is 2.97. The average Bonchev–Trinajstić information content (AvgIpc) is 2.95. The lowest BCUT2D eigenvalue weighted by molar-refractivity contribution is -0.147. The summed E-state index contributed by atoms with van der Waals surface area (Å²) >= 11 is 0. The quantitative estimate of drug-likeness (QED) is 0.266. The first kappa shape index (κ1) is 28.8. The van der Waals surface area contributed by atoms with Crippen molar-refractivity contribution in [3.63, 3.8) is 0 Å². The van der Waals surface area contributed by atoms with Crippen molar-refractivity contribution >= 4 is 35.1 Å². The first-order valence-electron chi connectivity index (χ1n) is 12.2. The van der Waals surface area contributed by atoms with Gasteiger partial charge in [0.25, 0.3) is 0 Å². The SMILES string of the molecule is COc1ccc(C(=O)COC(=O)c2ccc(NC(=O)CCC(=O)O[C@H](C)C(=O)c3ccc(C)cc3)cc2)cc1. The summed E-state index contributed by atoms with van der Waals surface area (Å²) in [5.74, 6) is -1.87. The van der Waals surface area contributed by atoms with E-state index in [0.717, 1.165) is 5.56 Å². The van der Waals surface area contributed by atoms with Crippen LogP contribution in [0.4, 0.5) is 5.69 Å². The van der Waals surface area contributed by atoms with Gasteiger partial charge in [-0.25, -0.2) is 4.79 Å². The van der Waals surface area contributed by atoms with E-state index in [-0.39, 0.29) is 30.0 Å². The molecule has 3 aromatic rings. The van der Waals surface area contributed by atoms with Crippen LogP contribution in [0.1, 0.15) is 56.4 Å². The van der Waals surface area contributed by atoms with Crippen LogP contribution in [-0.2, 0) is 19.1 Å². The molecule has 0 aliphatic carbocycles. The van der Waals surface area contributed by atoms with Crippen LogP contribution in [0, 0.1) is 6.92 Å². The number of amides is 1. The third-order valence-electron chi connectivity index (χ3n) is 5.72. The van der Waals surface area contributed by atoms with Crippen molar-refractivity contribution in [1.82, 2.24) is 0 Å². The lowest BCUT2D eigenvalue weighted by Gasteiger charge is -2.12. The minimum absolute atomic E-state index is 0.151. The van der Waals surface area contributed by atoms with Gasteiger partial charge in [-0.3, -0.25) is 19.2 Å². The molecule has 1 N–H and O–H groups in total. The monoisotopic (exact) mass is 531 g/mol. The maximum atomic E-state index is 12.4. The summed E-state index contributed by atoms with van der Waals surface area (Å²) in [5, 5.41) is 2.62. The Bertz CT molecular complexity index is 1330. The van der Waals surface area contributed by atoms with Gasteiger partial charge in [0, 0.05) is 23.2 Å². The minimum atomic E-state index is -0.970. The number of aryl methyl sites for hydroxylation is 1. The smallest absolute Gasteiger partial charge is 0.338 e. The van der Waals surface area contributed by atoms with Gasteiger partial charge in [-0.05, 0) is 62.4 Å². The Morgan fingerprint density at radius 1 is 0.769 bits per heavy atom. The maximum Gasteiger partial charge on any atom is 0.338 e. The molecule has 0 aliphatic heterocycles. The molecule has 0 aliphatic rings. The molecule has 0 saturated heterocycles. The van der Waals surface area contributed by atoms with Crippen LogP contribution >= 0.6 is 0 Å². The fraction of sp³-hybridized carbons (Fsp3) is 0.233. The number of benzene rings is 3. The highest BCUT2D eigenvalue weighted by molar-refractivity contribution is 6.01. The van der Waals surface area contributed by atoms with Crippen LogP contribution in [-0.4, -0.2) is 49.2 Å². The molecule has 9 heteroatoms. The molecular formula is C30H29NO8. The van der Waals surface area contributed by atoms with E-state index in [4.69, 9.17) is 14.2 Å². The van der Waals surface area contributed by atoms with Crippen LogP contribution in [0.25, 0.3) is 0 Å². The van der Waals surface area contributed by atoms with E-state index in [1.807, 2.05) is 6.92 Å². The Hall–Kier alpha value is -4.79. The van der Waals surface area contributed by atoms with Crippen LogP contribution in [0.3, 0.4) is 0 Å². The summed E-state index contributed by atoms with van der Waals surface area (Å²) < 4.78 is 15.3. The first-order valence-corrected chi connectivity index (χ1v) is 12.2. The van der Waals surface area contributed by atoms with Crippen LogP contribution in [0.2, 0.25) is 0 Å². The first-order chi connectivity index (χ1) is 18.7. The topological polar surface area (TPSA) is 125 Å². The van der Waals surface area contributed by atoms with Crippen LogP contribution in [0.15, 0.2) is 72.8 Å². The number of carbonyl (C=O) groups is 5. The van der Waals surface area contributed by atoms with E-state index < -0.39 is 30.6 Å². The number of hydrogen-bond acceptors (Lipinski definition) is 8. The fourth-order valence-corrected chi connectivity index (χ4v) is 3.47. The molecule has 39 heavy (non-hydrogen) atoms. The number of methoxy groups -OCH3 is 1. The Balaban J connectivity index is 1.41. The van der Waals surface area contributed by atoms with Gasteiger partial charge in [-0.15, -0.1) is 0 Å². The van der Waals surface area contributed by atoms with Crippen molar-refractivity contribution < 1.29 is 38.2 Å². The number of anilines is 1. The summed E-state index contributed by atoms with van der Waals surface area (Å²) in [5.41, 5.74) is 2.44. The summed E-state index contributed by atoms with van der Waals surface area (Å²) in [4.78, 5) is 61.2. The van der Waals surface area contributed by atoms with E-state index >= 15 is 0 Å². The molecule has 0 spiro atoms. The fourth-order valence-electron chi connectivity index (χ4n) is 3.47. The van der Waals surface area contributed by atoms with E-state index in [1.54, 1.807) is 48.5 Å². The van der Waals surface area contributed by atoms with Crippen LogP contribution in [0.5, 0.6) is 5.75 Å². The van der Waals surface area contributed by atoms with E-state index in [1.165, 1.54) is 38.3 Å².